The summed E-state index contributed by atoms with van der Waals surface area (Å²) in [7, 11) is -3.47. The van der Waals surface area contributed by atoms with Crippen molar-refractivity contribution in [3.05, 3.63) is 0 Å². The van der Waals surface area contributed by atoms with E-state index >= 15 is 0 Å². The van der Waals surface area contributed by atoms with Gasteiger partial charge in [0.1, 0.15) is 0 Å². The molecule has 110 valence electrons. The fourth-order valence-corrected chi connectivity index (χ4v) is 2.76. The van der Waals surface area contributed by atoms with Gasteiger partial charge in [0.25, 0.3) is 0 Å². The first-order chi connectivity index (χ1) is 8.88. The average Bonchev–Trinajstić information content (AvgIpc) is 2.39. The fourth-order valence-electron chi connectivity index (χ4n) is 2.14. The molecule has 1 aliphatic carbocycles. The normalized spacial score (nSPS) is 23.7. The zero-order valence-corrected chi connectivity index (χ0v) is 12.3. The van der Waals surface area contributed by atoms with Crippen molar-refractivity contribution in [2.75, 3.05) is 5.75 Å². The number of hydrogen-bond acceptors (Lipinski definition) is 4. The Morgan fingerprint density at radius 3 is 2.16 bits per heavy atom. The van der Waals surface area contributed by atoms with Crippen LogP contribution in [0.5, 0.6) is 0 Å². The minimum absolute atomic E-state index is 0.0152. The molecule has 7 heteroatoms. The van der Waals surface area contributed by atoms with Crippen LogP contribution in [0.2, 0.25) is 0 Å². The zero-order valence-electron chi connectivity index (χ0n) is 11.4. The second-order valence-corrected chi connectivity index (χ2v) is 6.85. The van der Waals surface area contributed by atoms with Crippen LogP contribution in [0.4, 0.5) is 0 Å². The second kappa shape index (κ2) is 6.88. The highest BCUT2D eigenvalue weighted by Gasteiger charge is 2.28. The predicted molar refractivity (Wildman–Crippen MR) is 71.8 cm³/mol. The lowest BCUT2D eigenvalue weighted by molar-refractivity contribution is -0.124. The molecule has 6 nitrogen and oxygen atoms in total. The van der Waals surface area contributed by atoms with Gasteiger partial charge in [-0.15, -0.1) is 0 Å². The van der Waals surface area contributed by atoms with Crippen LogP contribution in [0.25, 0.3) is 0 Å². The average molecular weight is 290 g/mol. The summed E-state index contributed by atoms with van der Waals surface area (Å²) in [6.07, 6.45) is 3.11. The first-order valence-electron chi connectivity index (χ1n) is 6.71. The minimum atomic E-state index is -3.47. The number of nitrogens with one attached hydrogen (secondary N) is 2. The number of hydrogen-bond donors (Lipinski definition) is 2. The summed E-state index contributed by atoms with van der Waals surface area (Å²) in [6.45, 7) is 3.29. The molecule has 0 heterocycles. The molecule has 1 saturated carbocycles. The van der Waals surface area contributed by atoms with Crippen molar-refractivity contribution in [3.63, 3.8) is 0 Å². The van der Waals surface area contributed by atoms with Gasteiger partial charge in [-0.3, -0.25) is 14.3 Å². The number of rotatable bonds is 5. The van der Waals surface area contributed by atoms with Crippen molar-refractivity contribution in [1.29, 1.82) is 0 Å². The summed E-state index contributed by atoms with van der Waals surface area (Å²) in [5.41, 5.74) is 0. The predicted octanol–water partition coefficient (Wildman–Crippen LogP) is 0.537. The summed E-state index contributed by atoms with van der Waals surface area (Å²) < 4.78 is 24.7. The minimum Gasteiger partial charge on any atom is -0.353 e. The molecule has 0 saturated heterocycles. The summed E-state index contributed by atoms with van der Waals surface area (Å²) in [5.74, 6) is -0.764. The van der Waals surface area contributed by atoms with Crippen LogP contribution in [0.1, 0.15) is 46.0 Å². The Hall–Kier alpha value is -1.11. The maximum absolute atomic E-state index is 11.8. The van der Waals surface area contributed by atoms with E-state index in [-0.39, 0.29) is 23.6 Å². The van der Waals surface area contributed by atoms with Crippen LogP contribution < -0.4 is 10.0 Å². The molecule has 0 aromatic heterocycles. The highest BCUT2D eigenvalue weighted by molar-refractivity contribution is 7.90. The van der Waals surface area contributed by atoms with Crippen molar-refractivity contribution >= 4 is 21.8 Å². The van der Waals surface area contributed by atoms with Gasteiger partial charge in [-0.1, -0.05) is 6.92 Å². The van der Waals surface area contributed by atoms with Crippen LogP contribution in [0, 0.1) is 5.92 Å². The van der Waals surface area contributed by atoms with E-state index < -0.39 is 15.9 Å². The molecule has 0 aromatic carbocycles. The van der Waals surface area contributed by atoms with Crippen molar-refractivity contribution in [2.24, 2.45) is 5.92 Å². The van der Waals surface area contributed by atoms with E-state index in [1.54, 1.807) is 6.92 Å². The first-order valence-corrected chi connectivity index (χ1v) is 8.36. The van der Waals surface area contributed by atoms with Crippen molar-refractivity contribution in [1.82, 2.24) is 10.0 Å². The van der Waals surface area contributed by atoms with E-state index in [1.165, 1.54) is 6.92 Å². The van der Waals surface area contributed by atoms with Crippen LogP contribution in [0.3, 0.4) is 0 Å². The number of carbonyl (C=O) groups is 2. The molecule has 2 amide bonds. The second-order valence-electron chi connectivity index (χ2n) is 4.84. The monoisotopic (exact) mass is 290 g/mol. The van der Waals surface area contributed by atoms with E-state index in [4.69, 9.17) is 0 Å². The molecule has 1 rings (SSSR count). The van der Waals surface area contributed by atoms with Crippen molar-refractivity contribution in [2.45, 2.75) is 52.0 Å². The van der Waals surface area contributed by atoms with E-state index in [9.17, 15) is 18.0 Å². The van der Waals surface area contributed by atoms with E-state index in [2.05, 4.69) is 10.0 Å². The maximum Gasteiger partial charge on any atom is 0.236 e. The lowest BCUT2D eigenvalue weighted by Crippen LogP contribution is -2.42. The summed E-state index contributed by atoms with van der Waals surface area (Å²) >= 11 is 0. The van der Waals surface area contributed by atoms with Crippen LogP contribution in [-0.4, -0.2) is 32.0 Å². The third-order valence-corrected chi connectivity index (χ3v) is 4.69. The van der Waals surface area contributed by atoms with E-state index in [1.807, 2.05) is 0 Å². The Labute approximate surface area is 114 Å². The van der Waals surface area contributed by atoms with Crippen molar-refractivity contribution in [3.8, 4) is 0 Å². The molecule has 0 spiro atoms. The van der Waals surface area contributed by atoms with E-state index in [0.717, 1.165) is 12.8 Å². The van der Waals surface area contributed by atoms with Crippen LogP contribution in [-0.2, 0) is 19.6 Å². The topological polar surface area (TPSA) is 92.3 Å². The molecule has 1 fully saturated rings. The number of amides is 2. The summed E-state index contributed by atoms with van der Waals surface area (Å²) in [5, 5.41) is 2.90. The highest BCUT2D eigenvalue weighted by atomic mass is 32.2. The third kappa shape index (κ3) is 5.18. The molecule has 0 radical (unpaired) electrons. The molecule has 0 atom stereocenters. The lowest BCUT2D eigenvalue weighted by Gasteiger charge is -2.28. The quantitative estimate of drug-likeness (QED) is 0.773. The van der Waals surface area contributed by atoms with Gasteiger partial charge >= 0.3 is 0 Å². The summed E-state index contributed by atoms with van der Waals surface area (Å²) in [6, 6.07) is 0.110. The Morgan fingerprint density at radius 2 is 1.68 bits per heavy atom. The Morgan fingerprint density at radius 1 is 1.11 bits per heavy atom. The lowest BCUT2D eigenvalue weighted by atomic mass is 9.85. The molecule has 0 bridgehead atoms. The number of sulfonamides is 1. The standard InChI is InChI=1S/C12H22N2O4S/c1-3-11(15)13-10-7-5-9(6-8-10)12(16)14-19(17,18)4-2/h9-10H,3-8H2,1-2H3,(H,13,15)(H,14,16)/t9-,10+. The largest absolute Gasteiger partial charge is 0.353 e. The van der Waals surface area contributed by atoms with Gasteiger partial charge in [0, 0.05) is 18.4 Å². The fraction of sp³-hybridized carbons (Fsp3) is 0.833. The maximum atomic E-state index is 11.8. The van der Waals surface area contributed by atoms with Gasteiger partial charge in [-0.05, 0) is 32.6 Å². The summed E-state index contributed by atoms with van der Waals surface area (Å²) in [4.78, 5) is 23.0. The van der Waals surface area contributed by atoms with Gasteiger partial charge in [-0.25, -0.2) is 8.42 Å². The smallest absolute Gasteiger partial charge is 0.236 e. The molecule has 0 aromatic rings. The SMILES string of the molecule is CCC(=O)N[C@H]1CC[C@@H](C(=O)NS(=O)(=O)CC)CC1. The van der Waals surface area contributed by atoms with Gasteiger partial charge in [0.05, 0.1) is 5.75 Å². The zero-order chi connectivity index (χ0) is 14.5. The van der Waals surface area contributed by atoms with Crippen LogP contribution >= 0.6 is 0 Å². The highest BCUT2D eigenvalue weighted by Crippen LogP contribution is 2.24. The van der Waals surface area contributed by atoms with Gasteiger partial charge in [-0.2, -0.15) is 0 Å². The Kier molecular flexibility index (Phi) is 5.78. The molecule has 0 aliphatic heterocycles. The Balaban J connectivity index is 2.41. The molecule has 2 N–H and O–H groups in total. The molecular formula is C12H22N2O4S. The van der Waals surface area contributed by atoms with Gasteiger partial charge in [0.15, 0.2) is 0 Å². The van der Waals surface area contributed by atoms with E-state index in [0.29, 0.717) is 19.3 Å². The molecule has 0 unspecified atom stereocenters. The first kappa shape index (κ1) is 15.9. The third-order valence-electron chi connectivity index (χ3n) is 3.42. The number of carbonyl (C=O) groups excluding carboxylic acids is 2. The van der Waals surface area contributed by atoms with Gasteiger partial charge < -0.3 is 5.32 Å². The molecular weight excluding hydrogens is 268 g/mol. The molecule has 1 aliphatic rings. The van der Waals surface area contributed by atoms with Gasteiger partial charge in [0.2, 0.25) is 21.8 Å². The van der Waals surface area contributed by atoms with Crippen LogP contribution in [0.15, 0.2) is 0 Å². The van der Waals surface area contributed by atoms with Crippen molar-refractivity contribution < 1.29 is 18.0 Å². The molecule has 19 heavy (non-hydrogen) atoms. The Bertz CT molecular complexity index is 425.